The summed E-state index contributed by atoms with van der Waals surface area (Å²) < 4.78 is 47.1. The van der Waals surface area contributed by atoms with Gasteiger partial charge >= 0.3 is 24.4 Å². The molecule has 1 N–H and O–H groups in total. The van der Waals surface area contributed by atoms with Gasteiger partial charge in [-0.1, -0.05) is 24.3 Å². The average molecular weight is 675 g/mol. The number of esters is 1. The second-order valence-electron chi connectivity index (χ2n) is 11.2. The number of hydrogen-bond donors (Lipinski definition) is 1. The van der Waals surface area contributed by atoms with Crippen LogP contribution in [-0.4, -0.2) is 80.1 Å². The van der Waals surface area contributed by atoms with E-state index in [2.05, 4.69) is 0 Å². The molecule has 3 rings (SSSR count). The van der Waals surface area contributed by atoms with E-state index in [1.54, 1.807) is 57.2 Å². The third-order valence-electron chi connectivity index (χ3n) is 6.59. The number of hydrogen-bond acceptors (Lipinski definition) is 14. The molecule has 0 aliphatic carbocycles. The summed E-state index contributed by atoms with van der Waals surface area (Å²) in [5.41, 5.74) is 1.21. The molecule has 4 atom stereocenters. The molecule has 1 aliphatic rings. The van der Waals surface area contributed by atoms with Gasteiger partial charge in [-0.05, 0) is 63.1 Å². The summed E-state index contributed by atoms with van der Waals surface area (Å²) in [7, 11) is 0. The highest BCUT2D eigenvalue weighted by molar-refractivity contribution is 5.74. The van der Waals surface area contributed by atoms with Crippen LogP contribution in [-0.2, 0) is 33.2 Å². The lowest BCUT2D eigenvalue weighted by molar-refractivity contribution is -0.141. The highest BCUT2D eigenvalue weighted by Crippen LogP contribution is 2.28. The lowest BCUT2D eigenvalue weighted by Gasteiger charge is -2.15. The molecule has 1 heterocycles. The number of carbonyl (C=O) groups is 4. The van der Waals surface area contributed by atoms with E-state index in [9.17, 15) is 19.2 Å². The van der Waals surface area contributed by atoms with Crippen molar-refractivity contribution in [2.24, 2.45) is 0 Å². The third kappa shape index (κ3) is 14.8. The Hall–Kier alpha value is -4.66. The van der Waals surface area contributed by atoms with E-state index in [0.29, 0.717) is 31.6 Å². The molecule has 14 nitrogen and oxygen atoms in total. The molecule has 0 bridgehead atoms. The quantitative estimate of drug-likeness (QED) is 0.0674. The minimum absolute atomic E-state index is 0.0222. The summed E-state index contributed by atoms with van der Waals surface area (Å²) in [6.45, 7) is 8.86. The highest BCUT2D eigenvalue weighted by Gasteiger charge is 2.40. The van der Waals surface area contributed by atoms with Crippen molar-refractivity contribution < 1.29 is 66.9 Å². The molecular formula is C34H42O14. The molecule has 0 amide bonds. The van der Waals surface area contributed by atoms with Gasteiger partial charge in [0, 0.05) is 38.9 Å². The first kappa shape index (κ1) is 37.8. The Bertz CT molecular complexity index is 1400. The standard InChI is InChI=1S/C34H42O14/c1-22(12-15-35)43-31(37)46-28-10-8-26(9-11-28)6-7-27-18-29(47-32(38)44-23(2)13-16-40-25(4)36)20-30(19-27)48-33(39)45-24(3)14-17-41-34(5)21-42-34/h6-11,18-20,22-24,35H,12-17,21H2,1-5H3/b7-6+/t22-,23-,24-,34?/m1/s1. The van der Waals surface area contributed by atoms with Gasteiger partial charge in [0.05, 0.1) is 13.2 Å². The first-order chi connectivity index (χ1) is 22.8. The van der Waals surface area contributed by atoms with E-state index in [0.717, 1.165) is 5.56 Å². The van der Waals surface area contributed by atoms with Gasteiger partial charge < -0.3 is 47.7 Å². The molecule has 2 aromatic rings. The zero-order chi connectivity index (χ0) is 35.1. The Morgan fingerprint density at radius 2 is 1.23 bits per heavy atom. The Morgan fingerprint density at radius 1 is 0.750 bits per heavy atom. The van der Waals surface area contributed by atoms with Crippen LogP contribution in [0.1, 0.15) is 65.0 Å². The topological polar surface area (TPSA) is 175 Å². The molecule has 2 aromatic carbocycles. The predicted molar refractivity (Wildman–Crippen MR) is 169 cm³/mol. The monoisotopic (exact) mass is 674 g/mol. The predicted octanol–water partition coefficient (Wildman–Crippen LogP) is 6.06. The van der Waals surface area contributed by atoms with E-state index < -0.39 is 48.5 Å². The molecule has 48 heavy (non-hydrogen) atoms. The van der Waals surface area contributed by atoms with Gasteiger partial charge in [0.2, 0.25) is 0 Å². The largest absolute Gasteiger partial charge is 0.514 e. The van der Waals surface area contributed by atoms with Gasteiger partial charge in [-0.25, -0.2) is 14.4 Å². The smallest absolute Gasteiger partial charge is 0.466 e. The van der Waals surface area contributed by atoms with Gasteiger partial charge in [0.25, 0.3) is 0 Å². The van der Waals surface area contributed by atoms with Crippen LogP contribution in [0.25, 0.3) is 12.2 Å². The van der Waals surface area contributed by atoms with Crippen LogP contribution in [0.5, 0.6) is 17.2 Å². The first-order valence-electron chi connectivity index (χ1n) is 15.4. The highest BCUT2D eigenvalue weighted by atomic mass is 16.8. The van der Waals surface area contributed by atoms with Crippen LogP contribution in [0, 0.1) is 0 Å². The molecule has 0 radical (unpaired) electrons. The lowest BCUT2D eigenvalue weighted by Crippen LogP contribution is -2.22. The van der Waals surface area contributed by atoms with Crippen LogP contribution in [0.2, 0.25) is 0 Å². The summed E-state index contributed by atoms with van der Waals surface area (Å²) in [5.74, 6) is -0.703. The van der Waals surface area contributed by atoms with Crippen LogP contribution < -0.4 is 14.2 Å². The van der Waals surface area contributed by atoms with Crippen molar-refractivity contribution in [3.05, 3.63) is 53.6 Å². The molecule has 1 aliphatic heterocycles. The van der Waals surface area contributed by atoms with Gasteiger partial charge in [0.15, 0.2) is 5.79 Å². The Kier molecular flexibility index (Phi) is 14.7. The normalized spacial score (nSPS) is 17.0. The molecule has 1 unspecified atom stereocenters. The Balaban J connectivity index is 1.66. The van der Waals surface area contributed by atoms with Gasteiger partial charge in [0.1, 0.15) is 42.2 Å². The minimum Gasteiger partial charge on any atom is -0.466 e. The molecule has 0 saturated carbocycles. The number of aliphatic hydroxyl groups excluding tert-OH is 1. The number of carbonyl (C=O) groups excluding carboxylic acids is 4. The Labute approximate surface area is 278 Å². The second kappa shape index (κ2) is 18.6. The van der Waals surface area contributed by atoms with Crippen molar-refractivity contribution in [1.29, 1.82) is 0 Å². The maximum absolute atomic E-state index is 12.6. The van der Waals surface area contributed by atoms with Crippen LogP contribution in [0.3, 0.4) is 0 Å². The minimum atomic E-state index is -1.01. The fourth-order valence-electron chi connectivity index (χ4n) is 3.85. The Morgan fingerprint density at radius 3 is 1.73 bits per heavy atom. The van der Waals surface area contributed by atoms with Gasteiger partial charge in [-0.15, -0.1) is 0 Å². The summed E-state index contributed by atoms with van der Waals surface area (Å²) in [5, 5.41) is 8.95. The van der Waals surface area contributed by atoms with Crippen LogP contribution >= 0.6 is 0 Å². The number of rotatable bonds is 17. The molecule has 262 valence electrons. The van der Waals surface area contributed by atoms with Crippen molar-refractivity contribution in [2.45, 2.75) is 78.0 Å². The number of ether oxygens (including phenoxy) is 9. The average Bonchev–Trinajstić information content (AvgIpc) is 3.72. The fraction of sp³-hybridized carbons (Fsp3) is 0.471. The van der Waals surface area contributed by atoms with Gasteiger partial charge in [-0.2, -0.15) is 0 Å². The zero-order valence-electron chi connectivity index (χ0n) is 27.6. The number of aliphatic hydroxyl groups is 1. The van der Waals surface area contributed by atoms with Crippen molar-refractivity contribution in [3.63, 3.8) is 0 Å². The van der Waals surface area contributed by atoms with E-state index >= 15 is 0 Å². The summed E-state index contributed by atoms with van der Waals surface area (Å²) in [6.07, 6.45) is -0.0954. The molecule has 0 spiro atoms. The van der Waals surface area contributed by atoms with E-state index in [1.807, 2.05) is 6.92 Å². The van der Waals surface area contributed by atoms with E-state index in [-0.39, 0.29) is 36.9 Å². The van der Waals surface area contributed by atoms with E-state index in [4.69, 9.17) is 47.7 Å². The first-order valence-corrected chi connectivity index (χ1v) is 15.4. The second-order valence-corrected chi connectivity index (χ2v) is 11.2. The molecule has 1 saturated heterocycles. The third-order valence-corrected chi connectivity index (χ3v) is 6.59. The fourth-order valence-corrected chi connectivity index (χ4v) is 3.85. The van der Waals surface area contributed by atoms with Crippen LogP contribution in [0.15, 0.2) is 42.5 Å². The maximum atomic E-state index is 12.6. The SMILES string of the molecule is CC(=O)OCC[C@@H](C)OC(=O)Oc1cc(/C=C/c2ccc(OC(=O)O[C@H](C)CCO)cc2)cc(OC(=O)O[C@H](C)CCOC2(C)CO2)c1. The molecular weight excluding hydrogens is 632 g/mol. The van der Waals surface area contributed by atoms with Crippen molar-refractivity contribution in [1.82, 2.24) is 0 Å². The zero-order valence-corrected chi connectivity index (χ0v) is 27.6. The summed E-state index contributed by atoms with van der Waals surface area (Å²) in [4.78, 5) is 47.9. The van der Waals surface area contributed by atoms with Crippen molar-refractivity contribution >= 4 is 36.6 Å². The molecule has 14 heteroatoms. The van der Waals surface area contributed by atoms with Crippen LogP contribution in [0.4, 0.5) is 14.4 Å². The molecule has 1 fully saturated rings. The summed E-state index contributed by atoms with van der Waals surface area (Å²) >= 11 is 0. The van der Waals surface area contributed by atoms with Crippen molar-refractivity contribution in [3.8, 4) is 17.2 Å². The lowest BCUT2D eigenvalue weighted by atomic mass is 10.1. The summed E-state index contributed by atoms with van der Waals surface area (Å²) in [6, 6.07) is 10.9. The van der Waals surface area contributed by atoms with E-state index in [1.165, 1.54) is 25.1 Å². The maximum Gasteiger partial charge on any atom is 0.514 e. The number of benzene rings is 2. The number of epoxide rings is 1. The van der Waals surface area contributed by atoms with Gasteiger partial charge in [-0.3, -0.25) is 4.79 Å². The van der Waals surface area contributed by atoms with Crippen molar-refractivity contribution in [2.75, 3.05) is 26.4 Å². The molecule has 0 aromatic heterocycles.